The second kappa shape index (κ2) is 7.92. The summed E-state index contributed by atoms with van der Waals surface area (Å²) in [6.45, 7) is 1.85. The van der Waals surface area contributed by atoms with Gasteiger partial charge in [0.25, 0.3) is 5.69 Å². The Morgan fingerprint density at radius 2 is 1.86 bits per heavy atom. The van der Waals surface area contributed by atoms with Crippen molar-refractivity contribution >= 4 is 23.4 Å². The molecule has 3 unspecified atom stereocenters. The van der Waals surface area contributed by atoms with Gasteiger partial charge < -0.3 is 4.90 Å². The molecule has 148 valence electrons. The van der Waals surface area contributed by atoms with Gasteiger partial charge in [-0.2, -0.15) is 0 Å². The minimum absolute atomic E-state index is 0.0279. The number of carbonyl (C=O) groups excluding carboxylic acids is 3. The summed E-state index contributed by atoms with van der Waals surface area (Å²) in [6, 6.07) is 5.78. The van der Waals surface area contributed by atoms with E-state index in [1.54, 1.807) is 26.1 Å². The van der Waals surface area contributed by atoms with Gasteiger partial charge in [0, 0.05) is 32.1 Å². The molecule has 1 aliphatic heterocycles. The summed E-state index contributed by atoms with van der Waals surface area (Å²) in [6.07, 6.45) is 5.03. The van der Waals surface area contributed by atoms with Gasteiger partial charge in [-0.15, -0.1) is 0 Å². The van der Waals surface area contributed by atoms with Crippen LogP contribution in [0.25, 0.3) is 0 Å². The van der Waals surface area contributed by atoms with Crippen molar-refractivity contribution in [2.24, 2.45) is 11.8 Å². The molecule has 3 amide bonds. The Morgan fingerprint density at radius 3 is 2.43 bits per heavy atom. The number of non-ortho nitro benzene ring substituents is 1. The lowest BCUT2D eigenvalue weighted by atomic mass is 9.85. The molecule has 3 atom stereocenters. The molecular weight excluding hydrogens is 362 g/mol. The first kappa shape index (κ1) is 19.7. The summed E-state index contributed by atoms with van der Waals surface area (Å²) in [4.78, 5) is 50.7. The molecule has 1 heterocycles. The number of nitro benzene ring substituents is 1. The van der Waals surface area contributed by atoms with Gasteiger partial charge in [0.1, 0.15) is 0 Å². The summed E-state index contributed by atoms with van der Waals surface area (Å²) in [5.74, 6) is -1.21. The third-order valence-electron chi connectivity index (χ3n) is 5.69. The van der Waals surface area contributed by atoms with Crippen LogP contribution in [0.4, 0.5) is 5.69 Å². The van der Waals surface area contributed by atoms with Crippen LogP contribution in [0.2, 0.25) is 0 Å². The first-order valence-electron chi connectivity index (χ1n) is 9.31. The third kappa shape index (κ3) is 3.67. The highest BCUT2D eigenvalue weighted by Crippen LogP contribution is 2.35. The van der Waals surface area contributed by atoms with E-state index < -0.39 is 4.92 Å². The minimum Gasteiger partial charge on any atom is -0.339 e. The molecule has 0 bridgehead atoms. The summed E-state index contributed by atoms with van der Waals surface area (Å²) >= 11 is 0. The number of carbonyl (C=O) groups is 3. The second-order valence-electron chi connectivity index (χ2n) is 7.27. The molecule has 8 nitrogen and oxygen atoms in total. The van der Waals surface area contributed by atoms with Crippen molar-refractivity contribution < 1.29 is 19.3 Å². The third-order valence-corrected chi connectivity index (χ3v) is 5.69. The maximum absolute atomic E-state index is 12.6. The number of hydrogen-bond acceptors (Lipinski definition) is 5. The Bertz CT molecular complexity index is 824. The molecule has 0 saturated carbocycles. The van der Waals surface area contributed by atoms with Crippen molar-refractivity contribution in [2.45, 2.75) is 32.2 Å². The number of allylic oxidation sites excluding steroid dienone is 2. The van der Waals surface area contributed by atoms with E-state index in [1.165, 1.54) is 21.9 Å². The van der Waals surface area contributed by atoms with E-state index >= 15 is 0 Å². The maximum Gasteiger partial charge on any atom is 0.269 e. The molecular formula is C20H23N3O5. The van der Waals surface area contributed by atoms with Crippen LogP contribution in [0.1, 0.15) is 37.8 Å². The predicted octanol–water partition coefficient (Wildman–Crippen LogP) is 2.46. The molecule has 0 N–H and O–H groups in total. The fraction of sp³-hybridized carbons (Fsp3) is 0.450. The van der Waals surface area contributed by atoms with Crippen LogP contribution in [-0.4, -0.2) is 46.0 Å². The molecule has 1 aromatic rings. The molecule has 0 radical (unpaired) electrons. The van der Waals surface area contributed by atoms with Gasteiger partial charge in [-0.25, -0.2) is 0 Å². The molecule has 3 rings (SSSR count). The quantitative estimate of drug-likeness (QED) is 0.324. The normalized spacial score (nSPS) is 22.1. The number of rotatable bonds is 6. The smallest absolute Gasteiger partial charge is 0.269 e. The standard InChI is InChI=1S/C20H23N3O5/c1-13(14-6-5-7-15(12-14)23(27)28)21(2)18(24)10-11-22-19(25)16-8-3-4-9-17(16)20(22)26/h3-7,12-13,16-17H,8-11H2,1-2H3. The molecule has 1 fully saturated rings. The van der Waals surface area contributed by atoms with Gasteiger partial charge in [0.15, 0.2) is 0 Å². The lowest BCUT2D eigenvalue weighted by molar-refractivity contribution is -0.384. The van der Waals surface area contributed by atoms with Gasteiger partial charge in [0.05, 0.1) is 22.8 Å². The molecule has 0 aromatic heterocycles. The zero-order valence-electron chi connectivity index (χ0n) is 15.9. The van der Waals surface area contributed by atoms with Gasteiger partial charge in [-0.05, 0) is 25.3 Å². The van der Waals surface area contributed by atoms with Gasteiger partial charge >= 0.3 is 0 Å². The highest BCUT2D eigenvalue weighted by Gasteiger charge is 2.47. The van der Waals surface area contributed by atoms with Crippen molar-refractivity contribution in [3.05, 3.63) is 52.1 Å². The van der Waals surface area contributed by atoms with Gasteiger partial charge in [-0.1, -0.05) is 24.3 Å². The first-order valence-corrected chi connectivity index (χ1v) is 9.31. The molecule has 0 spiro atoms. The van der Waals surface area contributed by atoms with Crippen LogP contribution < -0.4 is 0 Å². The largest absolute Gasteiger partial charge is 0.339 e. The Labute approximate surface area is 162 Å². The number of imide groups is 1. The Kier molecular flexibility index (Phi) is 5.58. The van der Waals surface area contributed by atoms with Gasteiger partial charge in [-0.3, -0.25) is 29.4 Å². The summed E-state index contributed by atoms with van der Waals surface area (Å²) < 4.78 is 0. The molecule has 1 aromatic carbocycles. The minimum atomic E-state index is -0.475. The van der Waals surface area contributed by atoms with E-state index in [2.05, 4.69) is 0 Å². The molecule has 1 aliphatic carbocycles. The van der Waals surface area contributed by atoms with E-state index in [1.807, 2.05) is 12.2 Å². The van der Waals surface area contributed by atoms with Crippen LogP contribution >= 0.6 is 0 Å². The number of amides is 3. The van der Waals surface area contributed by atoms with Gasteiger partial charge in [0.2, 0.25) is 17.7 Å². The zero-order chi connectivity index (χ0) is 20.4. The van der Waals surface area contributed by atoms with Crippen molar-refractivity contribution in [1.82, 2.24) is 9.80 Å². The zero-order valence-corrected chi connectivity index (χ0v) is 15.9. The molecule has 8 heteroatoms. The molecule has 28 heavy (non-hydrogen) atoms. The lowest BCUT2D eigenvalue weighted by Crippen LogP contribution is -2.36. The van der Waals surface area contributed by atoms with E-state index in [-0.39, 0.29) is 54.3 Å². The van der Waals surface area contributed by atoms with Crippen LogP contribution in [0, 0.1) is 22.0 Å². The fourth-order valence-corrected chi connectivity index (χ4v) is 3.81. The van der Waals surface area contributed by atoms with E-state index in [0.717, 1.165) is 0 Å². The fourth-order valence-electron chi connectivity index (χ4n) is 3.81. The summed E-state index contributed by atoms with van der Waals surface area (Å²) in [5, 5.41) is 10.9. The number of benzene rings is 1. The highest BCUT2D eigenvalue weighted by atomic mass is 16.6. The Morgan fingerprint density at radius 1 is 1.25 bits per heavy atom. The summed E-state index contributed by atoms with van der Waals surface area (Å²) in [5.41, 5.74) is 0.616. The second-order valence-corrected chi connectivity index (χ2v) is 7.27. The monoisotopic (exact) mass is 385 g/mol. The maximum atomic E-state index is 12.6. The number of nitro groups is 1. The van der Waals surface area contributed by atoms with Crippen LogP contribution in [-0.2, 0) is 14.4 Å². The topological polar surface area (TPSA) is 101 Å². The van der Waals surface area contributed by atoms with Crippen LogP contribution in [0.15, 0.2) is 36.4 Å². The number of fused-ring (bicyclic) bond motifs is 1. The summed E-state index contributed by atoms with van der Waals surface area (Å²) in [7, 11) is 1.61. The lowest BCUT2D eigenvalue weighted by Gasteiger charge is -2.26. The van der Waals surface area contributed by atoms with Crippen LogP contribution in [0.5, 0.6) is 0 Å². The average molecular weight is 385 g/mol. The van der Waals surface area contributed by atoms with Crippen molar-refractivity contribution in [3.63, 3.8) is 0 Å². The van der Waals surface area contributed by atoms with E-state index in [4.69, 9.17) is 0 Å². The van der Waals surface area contributed by atoms with Crippen molar-refractivity contribution in [3.8, 4) is 0 Å². The number of likely N-dealkylation sites (tertiary alicyclic amines) is 1. The Balaban J connectivity index is 1.61. The van der Waals surface area contributed by atoms with E-state index in [9.17, 15) is 24.5 Å². The van der Waals surface area contributed by atoms with Crippen molar-refractivity contribution in [2.75, 3.05) is 13.6 Å². The first-order chi connectivity index (χ1) is 13.3. The van der Waals surface area contributed by atoms with Crippen LogP contribution in [0.3, 0.4) is 0 Å². The predicted molar refractivity (Wildman–Crippen MR) is 101 cm³/mol. The highest BCUT2D eigenvalue weighted by molar-refractivity contribution is 6.05. The molecule has 2 aliphatic rings. The van der Waals surface area contributed by atoms with E-state index in [0.29, 0.717) is 18.4 Å². The SMILES string of the molecule is CC(c1cccc([N+](=O)[O-])c1)N(C)C(=O)CCN1C(=O)C2CC=CCC2C1=O. The average Bonchev–Trinajstić information content (AvgIpc) is 2.95. The Hall–Kier alpha value is -3.03. The van der Waals surface area contributed by atoms with Crippen molar-refractivity contribution in [1.29, 1.82) is 0 Å². The number of nitrogens with zero attached hydrogens (tertiary/aromatic N) is 3. The number of hydrogen-bond donors (Lipinski definition) is 0. The molecule has 1 saturated heterocycles.